The van der Waals surface area contributed by atoms with Crippen molar-refractivity contribution in [1.82, 2.24) is 9.29 Å². The Morgan fingerprint density at radius 1 is 0.931 bits per heavy atom. The fourth-order valence-corrected chi connectivity index (χ4v) is 4.27. The molecule has 0 N–H and O–H groups in total. The van der Waals surface area contributed by atoms with Crippen LogP contribution >= 0.6 is 0 Å². The van der Waals surface area contributed by atoms with Crippen molar-refractivity contribution in [2.24, 2.45) is 0 Å². The van der Waals surface area contributed by atoms with Crippen molar-refractivity contribution in [2.45, 2.75) is 18.7 Å². The molecule has 0 aliphatic carbocycles. The van der Waals surface area contributed by atoms with Crippen molar-refractivity contribution in [2.75, 3.05) is 13.1 Å². The molecule has 1 aromatic heterocycles. The Hall–Kier alpha value is -3.21. The largest absolute Gasteiger partial charge is 0.439 e. The van der Waals surface area contributed by atoms with E-state index in [1.807, 2.05) is 36.4 Å². The van der Waals surface area contributed by atoms with Crippen LogP contribution in [0.3, 0.4) is 0 Å². The van der Waals surface area contributed by atoms with Crippen LogP contribution in [0.1, 0.15) is 19.4 Å². The van der Waals surface area contributed by atoms with Crippen LogP contribution in [0.2, 0.25) is 0 Å². The average molecular weight is 407 g/mol. The first kappa shape index (κ1) is 20.5. The quantitative estimate of drug-likeness (QED) is 0.578. The topological polar surface area (TPSA) is 83.3 Å². The Morgan fingerprint density at radius 2 is 1.52 bits per heavy atom. The van der Waals surface area contributed by atoms with Crippen LogP contribution in [-0.4, -0.2) is 30.8 Å². The molecule has 0 amide bonds. The number of nitriles is 1. The molecule has 0 saturated carbocycles. The van der Waals surface area contributed by atoms with Gasteiger partial charge in [-0.3, -0.25) is 0 Å². The number of sulfonamides is 1. The molecule has 0 saturated heterocycles. The zero-order valence-corrected chi connectivity index (χ0v) is 17.1. The average Bonchev–Trinajstić information content (AvgIpc) is 2.75. The lowest BCUT2D eigenvalue weighted by molar-refractivity contribution is 0.443. The molecule has 6 nitrogen and oxygen atoms in total. The second-order valence-corrected chi connectivity index (χ2v) is 8.17. The molecule has 0 fully saturated rings. The van der Waals surface area contributed by atoms with E-state index in [1.54, 1.807) is 32.0 Å². The van der Waals surface area contributed by atoms with Gasteiger partial charge in [0.05, 0.1) is 17.8 Å². The monoisotopic (exact) mass is 407 g/mol. The van der Waals surface area contributed by atoms with Crippen molar-refractivity contribution >= 4 is 10.0 Å². The molecular formula is C22H21N3O3S. The summed E-state index contributed by atoms with van der Waals surface area (Å²) in [6.07, 6.45) is 1.31. The fourth-order valence-electron chi connectivity index (χ4n) is 2.87. The van der Waals surface area contributed by atoms with Gasteiger partial charge in [-0.1, -0.05) is 38.1 Å². The lowest BCUT2D eigenvalue weighted by Crippen LogP contribution is -2.30. The highest BCUT2D eigenvalue weighted by Crippen LogP contribution is 2.26. The summed E-state index contributed by atoms with van der Waals surface area (Å²) < 4.78 is 32.1. The SMILES string of the molecule is CCN(CC)S(=O)(=O)c1ccc(Oc2ccc(-c3ccc(C#N)cc3)cc2)nc1. The van der Waals surface area contributed by atoms with Gasteiger partial charge in [-0.25, -0.2) is 13.4 Å². The molecule has 1 heterocycles. The molecule has 0 aliphatic rings. The summed E-state index contributed by atoms with van der Waals surface area (Å²) in [5.41, 5.74) is 2.61. The van der Waals surface area contributed by atoms with Gasteiger partial charge in [0.2, 0.25) is 15.9 Å². The first-order valence-corrected chi connectivity index (χ1v) is 10.7. The van der Waals surface area contributed by atoms with Crippen molar-refractivity contribution < 1.29 is 13.2 Å². The van der Waals surface area contributed by atoms with E-state index in [-0.39, 0.29) is 4.90 Å². The predicted molar refractivity (Wildman–Crippen MR) is 111 cm³/mol. The second kappa shape index (κ2) is 8.86. The van der Waals surface area contributed by atoms with Crippen LogP contribution in [0.4, 0.5) is 0 Å². The molecule has 3 rings (SSSR count). The normalized spacial score (nSPS) is 11.2. The lowest BCUT2D eigenvalue weighted by Gasteiger charge is -2.18. The van der Waals surface area contributed by atoms with Gasteiger partial charge in [0.1, 0.15) is 10.6 Å². The molecule has 0 spiro atoms. The molecule has 0 unspecified atom stereocenters. The van der Waals surface area contributed by atoms with E-state index in [1.165, 1.54) is 16.6 Å². The van der Waals surface area contributed by atoms with Gasteiger partial charge in [-0.05, 0) is 41.5 Å². The number of nitrogens with zero attached hydrogens (tertiary/aromatic N) is 3. The minimum absolute atomic E-state index is 0.143. The zero-order valence-electron chi connectivity index (χ0n) is 16.2. The lowest BCUT2D eigenvalue weighted by atomic mass is 10.0. The van der Waals surface area contributed by atoms with Gasteiger partial charge in [-0.2, -0.15) is 9.57 Å². The summed E-state index contributed by atoms with van der Waals surface area (Å²) in [4.78, 5) is 4.28. The van der Waals surface area contributed by atoms with Gasteiger partial charge in [0, 0.05) is 19.2 Å². The maximum Gasteiger partial charge on any atom is 0.244 e. The van der Waals surface area contributed by atoms with Gasteiger partial charge < -0.3 is 4.74 Å². The summed E-state index contributed by atoms with van der Waals surface area (Å²) in [5, 5.41) is 8.88. The Kier molecular flexibility index (Phi) is 6.27. The number of benzene rings is 2. The third-order valence-corrected chi connectivity index (χ3v) is 6.51. The molecule has 0 radical (unpaired) electrons. The Bertz CT molecular complexity index is 1100. The number of hydrogen-bond donors (Lipinski definition) is 0. The van der Waals surface area contributed by atoms with Crippen molar-refractivity contribution in [3.63, 3.8) is 0 Å². The van der Waals surface area contributed by atoms with E-state index in [0.29, 0.717) is 30.3 Å². The summed E-state index contributed by atoms with van der Waals surface area (Å²) in [6, 6.07) is 19.9. The van der Waals surface area contributed by atoms with Crippen LogP contribution in [0.15, 0.2) is 71.8 Å². The number of rotatable bonds is 7. The van der Waals surface area contributed by atoms with Crippen molar-refractivity contribution in [3.05, 3.63) is 72.4 Å². The van der Waals surface area contributed by atoms with Crippen molar-refractivity contribution in [3.8, 4) is 28.8 Å². The summed E-state index contributed by atoms with van der Waals surface area (Å²) in [6.45, 7) is 4.41. The predicted octanol–water partition coefficient (Wildman–Crippen LogP) is 4.44. The number of ether oxygens (including phenoxy) is 1. The molecule has 7 heteroatoms. The molecular weight excluding hydrogens is 386 g/mol. The number of hydrogen-bond acceptors (Lipinski definition) is 5. The maximum atomic E-state index is 12.5. The molecule has 0 aliphatic heterocycles. The van der Waals surface area contributed by atoms with E-state index in [4.69, 9.17) is 10.00 Å². The highest BCUT2D eigenvalue weighted by Gasteiger charge is 2.21. The van der Waals surface area contributed by atoms with Gasteiger partial charge in [0.15, 0.2) is 0 Å². The molecule has 3 aromatic rings. The third-order valence-electron chi connectivity index (χ3n) is 4.48. The first-order chi connectivity index (χ1) is 14.0. The van der Waals surface area contributed by atoms with Gasteiger partial charge in [-0.15, -0.1) is 0 Å². The minimum atomic E-state index is -3.54. The maximum absolute atomic E-state index is 12.5. The second-order valence-electron chi connectivity index (χ2n) is 6.24. The number of pyridine rings is 1. The summed E-state index contributed by atoms with van der Waals surface area (Å²) in [7, 11) is -3.54. The van der Waals surface area contributed by atoms with E-state index in [2.05, 4.69) is 11.1 Å². The molecule has 148 valence electrons. The molecule has 2 aromatic carbocycles. The smallest absolute Gasteiger partial charge is 0.244 e. The first-order valence-electron chi connectivity index (χ1n) is 9.22. The van der Waals surface area contributed by atoms with E-state index in [9.17, 15) is 8.42 Å². The number of aromatic nitrogens is 1. The standard InChI is InChI=1S/C22H21N3O3S/c1-3-25(4-2)29(26,27)21-13-14-22(24-16-21)28-20-11-9-19(10-12-20)18-7-5-17(15-23)6-8-18/h5-14,16H,3-4H2,1-2H3. The highest BCUT2D eigenvalue weighted by atomic mass is 32.2. The highest BCUT2D eigenvalue weighted by molar-refractivity contribution is 7.89. The van der Waals surface area contributed by atoms with E-state index in [0.717, 1.165) is 11.1 Å². The zero-order chi connectivity index (χ0) is 20.9. The van der Waals surface area contributed by atoms with E-state index >= 15 is 0 Å². The minimum Gasteiger partial charge on any atom is -0.439 e. The van der Waals surface area contributed by atoms with Crippen LogP contribution in [0, 0.1) is 11.3 Å². The van der Waals surface area contributed by atoms with Crippen LogP contribution in [0.5, 0.6) is 11.6 Å². The summed E-state index contributed by atoms with van der Waals surface area (Å²) in [5.74, 6) is 0.906. The Balaban J connectivity index is 1.72. The van der Waals surface area contributed by atoms with Crippen molar-refractivity contribution in [1.29, 1.82) is 5.26 Å². The third kappa shape index (κ3) is 4.62. The Morgan fingerprint density at radius 3 is 2.00 bits per heavy atom. The van der Waals surface area contributed by atoms with Gasteiger partial charge in [0.25, 0.3) is 0 Å². The molecule has 0 atom stereocenters. The van der Waals surface area contributed by atoms with E-state index < -0.39 is 10.0 Å². The molecule has 0 bridgehead atoms. The van der Waals surface area contributed by atoms with Crippen LogP contribution < -0.4 is 4.74 Å². The fraction of sp³-hybridized carbons (Fsp3) is 0.182. The summed E-state index contributed by atoms with van der Waals surface area (Å²) >= 11 is 0. The van der Waals surface area contributed by atoms with Gasteiger partial charge >= 0.3 is 0 Å². The van der Waals surface area contributed by atoms with Crippen LogP contribution in [0.25, 0.3) is 11.1 Å². The Labute approximate surface area is 171 Å². The van der Waals surface area contributed by atoms with Crippen LogP contribution in [-0.2, 0) is 10.0 Å². The molecule has 29 heavy (non-hydrogen) atoms.